The van der Waals surface area contributed by atoms with Crippen LogP contribution in [0.3, 0.4) is 0 Å². The van der Waals surface area contributed by atoms with E-state index in [1.165, 1.54) is 5.56 Å². The number of aryl methyl sites for hydroxylation is 2. The van der Waals surface area contributed by atoms with E-state index in [-0.39, 0.29) is 5.56 Å². The number of hydrogen-bond donors (Lipinski definition) is 2. The average Bonchev–Trinajstić information content (AvgIpc) is 2.94. The Morgan fingerprint density at radius 2 is 2.29 bits per heavy atom. The van der Waals surface area contributed by atoms with E-state index >= 15 is 0 Å². The lowest BCUT2D eigenvalue weighted by atomic mass is 10.2. The van der Waals surface area contributed by atoms with Gasteiger partial charge in [-0.1, -0.05) is 11.8 Å². The van der Waals surface area contributed by atoms with Gasteiger partial charge in [-0.15, -0.1) is 0 Å². The maximum atomic E-state index is 12.0. The van der Waals surface area contributed by atoms with Crippen LogP contribution in [0.15, 0.2) is 22.2 Å². The first-order valence-corrected chi connectivity index (χ1v) is 8.04. The SMILES string of the molecule is CNc1nccc(C)c1CSc1nc2c(c(=O)[nH]1)CCC2. The summed E-state index contributed by atoms with van der Waals surface area (Å²) < 4.78 is 0. The third-order valence-corrected chi connectivity index (χ3v) is 4.70. The van der Waals surface area contributed by atoms with E-state index in [1.54, 1.807) is 18.0 Å². The van der Waals surface area contributed by atoms with E-state index in [0.29, 0.717) is 5.16 Å². The van der Waals surface area contributed by atoms with Crippen molar-refractivity contribution in [3.05, 3.63) is 45.0 Å². The molecule has 0 fully saturated rings. The highest BCUT2D eigenvalue weighted by atomic mass is 32.2. The molecule has 0 unspecified atom stereocenters. The molecule has 0 saturated carbocycles. The quantitative estimate of drug-likeness (QED) is 0.670. The molecular formula is C15H18N4OS. The van der Waals surface area contributed by atoms with Crippen molar-refractivity contribution in [3.63, 3.8) is 0 Å². The molecule has 3 rings (SSSR count). The zero-order chi connectivity index (χ0) is 14.8. The van der Waals surface area contributed by atoms with E-state index in [4.69, 9.17) is 0 Å². The van der Waals surface area contributed by atoms with E-state index in [1.807, 2.05) is 13.1 Å². The molecule has 0 radical (unpaired) electrons. The summed E-state index contributed by atoms with van der Waals surface area (Å²) in [5.41, 5.74) is 4.20. The second-order valence-electron chi connectivity index (χ2n) is 5.14. The van der Waals surface area contributed by atoms with E-state index in [9.17, 15) is 4.79 Å². The molecule has 0 aromatic carbocycles. The number of nitrogens with zero attached hydrogens (tertiary/aromatic N) is 2. The Kier molecular flexibility index (Phi) is 3.96. The smallest absolute Gasteiger partial charge is 0.254 e. The highest BCUT2D eigenvalue weighted by molar-refractivity contribution is 7.98. The first kappa shape index (κ1) is 14.1. The zero-order valence-electron chi connectivity index (χ0n) is 12.2. The minimum absolute atomic E-state index is 0.0248. The number of hydrogen-bond acceptors (Lipinski definition) is 5. The summed E-state index contributed by atoms with van der Waals surface area (Å²) in [5.74, 6) is 1.61. The van der Waals surface area contributed by atoms with Crippen LogP contribution < -0.4 is 10.9 Å². The van der Waals surface area contributed by atoms with Crippen LogP contribution in [0.4, 0.5) is 5.82 Å². The van der Waals surface area contributed by atoms with Gasteiger partial charge in [0.25, 0.3) is 5.56 Å². The molecule has 21 heavy (non-hydrogen) atoms. The van der Waals surface area contributed by atoms with Gasteiger partial charge in [0.15, 0.2) is 5.16 Å². The molecule has 0 atom stereocenters. The molecule has 1 aliphatic rings. The highest BCUT2D eigenvalue weighted by Crippen LogP contribution is 2.26. The van der Waals surface area contributed by atoms with Crippen molar-refractivity contribution in [2.24, 2.45) is 0 Å². The second-order valence-corrected chi connectivity index (χ2v) is 6.11. The Hall–Kier alpha value is -1.82. The number of H-pyrrole nitrogens is 1. The molecule has 0 aliphatic heterocycles. The van der Waals surface area contributed by atoms with Gasteiger partial charge in [-0.25, -0.2) is 9.97 Å². The molecule has 2 aromatic heterocycles. The average molecular weight is 302 g/mol. The van der Waals surface area contributed by atoms with Crippen LogP contribution in [0.25, 0.3) is 0 Å². The Morgan fingerprint density at radius 3 is 3.10 bits per heavy atom. The minimum Gasteiger partial charge on any atom is -0.373 e. The second kappa shape index (κ2) is 5.89. The lowest BCUT2D eigenvalue weighted by molar-refractivity contribution is 0.869. The summed E-state index contributed by atoms with van der Waals surface area (Å²) in [7, 11) is 1.87. The van der Waals surface area contributed by atoms with E-state index in [2.05, 4.69) is 27.2 Å². The maximum absolute atomic E-state index is 12.0. The summed E-state index contributed by atoms with van der Waals surface area (Å²) in [5, 5.41) is 3.81. The van der Waals surface area contributed by atoms with Gasteiger partial charge in [-0.05, 0) is 37.8 Å². The van der Waals surface area contributed by atoms with Crippen LogP contribution in [0.2, 0.25) is 0 Å². The Bertz CT molecular complexity index is 726. The molecule has 0 bridgehead atoms. The fraction of sp³-hybridized carbons (Fsp3) is 0.400. The molecule has 0 spiro atoms. The van der Waals surface area contributed by atoms with Gasteiger partial charge < -0.3 is 10.3 Å². The zero-order valence-corrected chi connectivity index (χ0v) is 13.0. The Balaban J connectivity index is 1.83. The molecule has 2 N–H and O–H groups in total. The number of aromatic amines is 1. The number of thioether (sulfide) groups is 1. The van der Waals surface area contributed by atoms with E-state index < -0.39 is 0 Å². The molecular weight excluding hydrogens is 284 g/mol. The molecule has 0 saturated heterocycles. The van der Waals surface area contributed by atoms with Gasteiger partial charge in [-0.2, -0.15) is 0 Å². The van der Waals surface area contributed by atoms with Crippen LogP contribution in [0, 0.1) is 6.92 Å². The Labute approximate surface area is 127 Å². The largest absolute Gasteiger partial charge is 0.373 e. The number of rotatable bonds is 4. The van der Waals surface area contributed by atoms with Crippen molar-refractivity contribution >= 4 is 17.6 Å². The van der Waals surface area contributed by atoms with Crippen molar-refractivity contribution < 1.29 is 0 Å². The predicted octanol–water partition coefficient (Wildman–Crippen LogP) is 2.30. The molecule has 0 amide bonds. The molecule has 2 aromatic rings. The van der Waals surface area contributed by atoms with Crippen molar-refractivity contribution in [2.75, 3.05) is 12.4 Å². The number of fused-ring (bicyclic) bond motifs is 1. The van der Waals surface area contributed by atoms with Gasteiger partial charge in [0.1, 0.15) is 5.82 Å². The predicted molar refractivity (Wildman–Crippen MR) is 85.0 cm³/mol. The monoisotopic (exact) mass is 302 g/mol. The minimum atomic E-state index is 0.0248. The van der Waals surface area contributed by atoms with Gasteiger partial charge in [0, 0.05) is 30.1 Å². The fourth-order valence-corrected chi connectivity index (χ4v) is 3.60. The van der Waals surface area contributed by atoms with Gasteiger partial charge in [0.2, 0.25) is 0 Å². The fourth-order valence-electron chi connectivity index (χ4n) is 2.61. The maximum Gasteiger partial charge on any atom is 0.254 e. The van der Waals surface area contributed by atoms with Crippen LogP contribution in [0.1, 0.15) is 28.8 Å². The third-order valence-electron chi connectivity index (χ3n) is 3.80. The van der Waals surface area contributed by atoms with E-state index in [0.717, 1.165) is 47.7 Å². The molecule has 2 heterocycles. The summed E-state index contributed by atoms with van der Waals surface area (Å²) in [6, 6.07) is 2.00. The van der Waals surface area contributed by atoms with Gasteiger partial charge in [-0.3, -0.25) is 4.79 Å². The first-order chi connectivity index (χ1) is 10.2. The standard InChI is InChI=1S/C15H18N4OS/c1-9-6-7-17-13(16-2)11(9)8-21-15-18-12-5-3-4-10(12)14(20)19-15/h6-7H,3-5,8H2,1-2H3,(H,16,17)(H,18,19,20). The number of aromatic nitrogens is 3. The molecule has 1 aliphatic carbocycles. The summed E-state index contributed by atoms with van der Waals surface area (Å²) in [6.07, 6.45) is 4.60. The molecule has 6 heteroatoms. The molecule has 5 nitrogen and oxygen atoms in total. The summed E-state index contributed by atoms with van der Waals surface area (Å²) in [4.78, 5) is 23.8. The van der Waals surface area contributed by atoms with Crippen molar-refractivity contribution in [1.82, 2.24) is 15.0 Å². The number of nitrogens with one attached hydrogen (secondary N) is 2. The molecule has 110 valence electrons. The van der Waals surface area contributed by atoms with Crippen LogP contribution in [-0.2, 0) is 18.6 Å². The van der Waals surface area contributed by atoms with Crippen LogP contribution in [-0.4, -0.2) is 22.0 Å². The normalized spacial score (nSPS) is 13.2. The topological polar surface area (TPSA) is 70.7 Å². The van der Waals surface area contributed by atoms with Gasteiger partial charge >= 0.3 is 0 Å². The van der Waals surface area contributed by atoms with Crippen LogP contribution >= 0.6 is 11.8 Å². The highest BCUT2D eigenvalue weighted by Gasteiger charge is 2.17. The van der Waals surface area contributed by atoms with Crippen molar-refractivity contribution in [1.29, 1.82) is 0 Å². The Morgan fingerprint density at radius 1 is 1.43 bits per heavy atom. The van der Waals surface area contributed by atoms with Crippen molar-refractivity contribution in [3.8, 4) is 0 Å². The number of anilines is 1. The first-order valence-electron chi connectivity index (χ1n) is 7.06. The lowest BCUT2D eigenvalue weighted by Gasteiger charge is -2.10. The summed E-state index contributed by atoms with van der Waals surface area (Å²) >= 11 is 1.55. The van der Waals surface area contributed by atoms with Crippen molar-refractivity contribution in [2.45, 2.75) is 37.1 Å². The lowest BCUT2D eigenvalue weighted by Crippen LogP contribution is -2.15. The van der Waals surface area contributed by atoms with Gasteiger partial charge in [0.05, 0.1) is 5.69 Å². The number of pyridine rings is 1. The third kappa shape index (κ3) is 2.81. The van der Waals surface area contributed by atoms with Crippen LogP contribution in [0.5, 0.6) is 0 Å². The summed E-state index contributed by atoms with van der Waals surface area (Å²) in [6.45, 7) is 2.07.